The number of halogens is 3. The van der Waals surface area contributed by atoms with Crippen LogP contribution in [0.15, 0.2) is 60.9 Å². The van der Waals surface area contributed by atoms with Gasteiger partial charge in [0, 0.05) is 25.1 Å². The van der Waals surface area contributed by atoms with Gasteiger partial charge in [-0.05, 0) is 49.6 Å². The van der Waals surface area contributed by atoms with E-state index in [4.69, 9.17) is 9.73 Å². The van der Waals surface area contributed by atoms with Crippen molar-refractivity contribution < 1.29 is 19.4 Å². The highest BCUT2D eigenvalue weighted by molar-refractivity contribution is 9.11. The number of rotatable bonds is 7. The van der Waals surface area contributed by atoms with Gasteiger partial charge in [0.05, 0.1) is 15.5 Å². The van der Waals surface area contributed by atoms with E-state index in [1.165, 1.54) is 4.90 Å². The standard InChI is InChI=1S/C23H24Br3N5O4/c1-29(10-13-6-4-3-5-7-13)22-27-20-18(21(33)28-23(34)30(20)2)31(22)11-15(32)12-35-19-16(25)8-14(24)9-17(19)26/h3-9,15,18,20,32H,10-12H2,1-2H3,(H,28,33,34). The van der Waals surface area contributed by atoms with Gasteiger partial charge in [-0.25, -0.2) is 9.79 Å². The number of carbonyl (C=O) groups is 2. The number of β-amino-alcohol motifs (C(OH)–C–C–N with tert-alkyl or cyclic N) is 1. The molecule has 35 heavy (non-hydrogen) atoms. The fourth-order valence-electron chi connectivity index (χ4n) is 4.08. The van der Waals surface area contributed by atoms with Crippen molar-refractivity contribution in [3.63, 3.8) is 0 Å². The number of fused-ring (bicyclic) bond motifs is 1. The lowest BCUT2D eigenvalue weighted by atomic mass is 10.1. The molecule has 0 bridgehead atoms. The molecule has 1 fully saturated rings. The van der Waals surface area contributed by atoms with Crippen molar-refractivity contribution in [1.29, 1.82) is 0 Å². The second kappa shape index (κ2) is 10.9. The van der Waals surface area contributed by atoms with Crippen LogP contribution in [0.1, 0.15) is 5.56 Å². The van der Waals surface area contributed by atoms with Crippen LogP contribution in [0.5, 0.6) is 5.75 Å². The number of carbonyl (C=O) groups excluding carboxylic acids is 2. The first-order chi connectivity index (χ1) is 16.7. The van der Waals surface area contributed by atoms with Gasteiger partial charge in [0.1, 0.15) is 18.5 Å². The Morgan fingerprint density at radius 2 is 1.83 bits per heavy atom. The highest BCUT2D eigenvalue weighted by Gasteiger charge is 2.49. The summed E-state index contributed by atoms with van der Waals surface area (Å²) in [5.41, 5.74) is 1.07. The van der Waals surface area contributed by atoms with Crippen LogP contribution >= 0.6 is 47.8 Å². The monoisotopic (exact) mass is 671 g/mol. The minimum Gasteiger partial charge on any atom is -0.488 e. The number of nitrogens with one attached hydrogen (secondary N) is 1. The molecule has 4 rings (SSSR count). The van der Waals surface area contributed by atoms with Gasteiger partial charge in [0.2, 0.25) is 0 Å². The fraction of sp³-hybridized carbons (Fsp3) is 0.348. The molecule has 2 heterocycles. The van der Waals surface area contributed by atoms with E-state index < -0.39 is 30.2 Å². The molecular formula is C23H24Br3N5O4. The number of hydrogen-bond donors (Lipinski definition) is 2. The summed E-state index contributed by atoms with van der Waals surface area (Å²) >= 11 is 10.4. The number of amides is 3. The Morgan fingerprint density at radius 1 is 1.17 bits per heavy atom. The maximum Gasteiger partial charge on any atom is 0.325 e. The van der Waals surface area contributed by atoms with Gasteiger partial charge in [0.25, 0.3) is 5.91 Å². The zero-order chi connectivity index (χ0) is 25.3. The summed E-state index contributed by atoms with van der Waals surface area (Å²) in [7, 11) is 3.47. The number of nitrogens with zero attached hydrogens (tertiary/aromatic N) is 4. The van der Waals surface area contributed by atoms with Gasteiger partial charge >= 0.3 is 6.03 Å². The van der Waals surface area contributed by atoms with Crippen molar-refractivity contribution in [1.82, 2.24) is 20.0 Å². The third-order valence-electron chi connectivity index (χ3n) is 5.73. The number of ether oxygens (including phenoxy) is 1. The Bertz CT molecular complexity index is 1130. The van der Waals surface area contributed by atoms with E-state index in [0.717, 1.165) is 19.0 Å². The second-order valence-corrected chi connectivity index (χ2v) is 11.0. The van der Waals surface area contributed by atoms with E-state index >= 15 is 0 Å². The summed E-state index contributed by atoms with van der Waals surface area (Å²) in [5.74, 6) is 0.629. The van der Waals surface area contributed by atoms with Gasteiger partial charge in [-0.3, -0.25) is 10.1 Å². The Balaban J connectivity index is 1.53. The molecular weight excluding hydrogens is 650 g/mol. The normalized spacial score (nSPS) is 20.3. The summed E-state index contributed by atoms with van der Waals surface area (Å²) in [6.07, 6.45) is -1.63. The number of likely N-dealkylation sites (N-methyl/N-ethyl adjacent to an activating group) is 1. The second-order valence-electron chi connectivity index (χ2n) is 8.35. The predicted octanol–water partition coefficient (Wildman–Crippen LogP) is 3.39. The smallest absolute Gasteiger partial charge is 0.325 e. The van der Waals surface area contributed by atoms with Crippen molar-refractivity contribution in [3.8, 4) is 5.75 Å². The van der Waals surface area contributed by atoms with Crippen LogP contribution < -0.4 is 10.1 Å². The quantitative estimate of drug-likeness (QED) is 0.468. The summed E-state index contributed by atoms with van der Waals surface area (Å²) in [6.45, 7) is 0.611. The zero-order valence-corrected chi connectivity index (χ0v) is 23.7. The number of aliphatic hydroxyl groups excluding tert-OH is 1. The first-order valence-electron chi connectivity index (χ1n) is 10.8. The SMILES string of the molecule is CN(Cc1ccccc1)C1=NC2C(C(=O)NC(=O)N2C)N1CC(O)COc1c(Br)cc(Br)cc1Br. The number of aliphatic hydroxyl groups is 1. The average Bonchev–Trinajstić information content (AvgIpc) is 3.17. The number of aliphatic imine (C=N–C) groups is 1. The topological polar surface area (TPSA) is 97.7 Å². The Kier molecular flexibility index (Phi) is 8.04. The molecule has 2 aliphatic heterocycles. The van der Waals surface area contributed by atoms with E-state index in [0.29, 0.717) is 18.3 Å². The molecule has 3 atom stereocenters. The van der Waals surface area contributed by atoms with Crippen molar-refractivity contribution in [2.24, 2.45) is 4.99 Å². The zero-order valence-electron chi connectivity index (χ0n) is 19.0. The predicted molar refractivity (Wildman–Crippen MR) is 142 cm³/mol. The maximum atomic E-state index is 12.8. The number of hydrogen-bond acceptors (Lipinski definition) is 7. The van der Waals surface area contributed by atoms with E-state index in [-0.39, 0.29) is 13.2 Å². The molecule has 2 N–H and O–H groups in total. The highest BCUT2D eigenvalue weighted by atomic mass is 79.9. The molecule has 3 unspecified atom stereocenters. The molecule has 2 aliphatic rings. The van der Waals surface area contributed by atoms with Crippen molar-refractivity contribution >= 4 is 65.7 Å². The molecule has 186 valence electrons. The first-order valence-corrected chi connectivity index (χ1v) is 13.2. The summed E-state index contributed by atoms with van der Waals surface area (Å²) in [5, 5.41) is 13.3. The molecule has 12 heteroatoms. The van der Waals surface area contributed by atoms with E-state index in [1.54, 1.807) is 11.9 Å². The minimum absolute atomic E-state index is 0.0151. The van der Waals surface area contributed by atoms with Crippen LogP contribution in [0.4, 0.5) is 4.79 Å². The van der Waals surface area contributed by atoms with Crippen LogP contribution in [0.25, 0.3) is 0 Å². The lowest BCUT2D eigenvalue weighted by Crippen LogP contribution is -2.65. The van der Waals surface area contributed by atoms with Gasteiger partial charge in [-0.2, -0.15) is 0 Å². The molecule has 0 aliphatic carbocycles. The molecule has 0 spiro atoms. The summed E-state index contributed by atoms with van der Waals surface area (Å²) < 4.78 is 8.20. The van der Waals surface area contributed by atoms with E-state index in [9.17, 15) is 14.7 Å². The fourth-order valence-corrected chi connectivity index (χ4v) is 6.57. The van der Waals surface area contributed by atoms with Crippen molar-refractivity contribution in [2.75, 3.05) is 27.2 Å². The van der Waals surface area contributed by atoms with Crippen LogP contribution in [0.3, 0.4) is 0 Å². The van der Waals surface area contributed by atoms with E-state index in [2.05, 4.69) is 53.1 Å². The van der Waals surface area contributed by atoms with Crippen LogP contribution in [-0.2, 0) is 11.3 Å². The largest absolute Gasteiger partial charge is 0.488 e. The molecule has 0 aromatic heterocycles. The lowest BCUT2D eigenvalue weighted by Gasteiger charge is -2.37. The van der Waals surface area contributed by atoms with Crippen LogP contribution in [-0.4, -0.2) is 83.3 Å². The van der Waals surface area contributed by atoms with Gasteiger partial charge in [0.15, 0.2) is 18.2 Å². The first kappa shape index (κ1) is 25.9. The molecule has 2 aromatic carbocycles. The molecule has 0 saturated carbocycles. The number of imide groups is 1. The maximum absolute atomic E-state index is 12.8. The minimum atomic E-state index is -0.942. The molecule has 1 saturated heterocycles. The molecule has 2 aromatic rings. The van der Waals surface area contributed by atoms with E-state index in [1.807, 2.05) is 54.4 Å². The Labute approximate surface area is 228 Å². The van der Waals surface area contributed by atoms with Gasteiger partial charge in [-0.15, -0.1) is 0 Å². The third kappa shape index (κ3) is 5.65. The van der Waals surface area contributed by atoms with Gasteiger partial charge < -0.3 is 24.5 Å². The van der Waals surface area contributed by atoms with Gasteiger partial charge in [-0.1, -0.05) is 46.3 Å². The molecule has 9 nitrogen and oxygen atoms in total. The number of guanidine groups is 1. The average molecular weight is 674 g/mol. The third-order valence-corrected chi connectivity index (χ3v) is 7.37. The lowest BCUT2D eigenvalue weighted by molar-refractivity contribution is -0.127. The molecule has 3 amide bonds. The van der Waals surface area contributed by atoms with Crippen molar-refractivity contribution in [2.45, 2.75) is 24.9 Å². The Morgan fingerprint density at radius 3 is 2.49 bits per heavy atom. The van der Waals surface area contributed by atoms with Crippen LogP contribution in [0, 0.1) is 0 Å². The van der Waals surface area contributed by atoms with Crippen molar-refractivity contribution in [3.05, 3.63) is 61.4 Å². The summed E-state index contributed by atoms with van der Waals surface area (Å²) in [6, 6.07) is 12.3. The Hall–Kier alpha value is -2.15. The van der Waals surface area contributed by atoms with Crippen LogP contribution in [0.2, 0.25) is 0 Å². The summed E-state index contributed by atoms with van der Waals surface area (Å²) in [4.78, 5) is 34.8. The number of benzene rings is 2. The number of urea groups is 1. The molecule has 0 radical (unpaired) electrons. The highest BCUT2D eigenvalue weighted by Crippen LogP contribution is 2.36.